The number of aromatic hydroxyl groups is 1. The van der Waals surface area contributed by atoms with Gasteiger partial charge in [-0.15, -0.1) is 0 Å². The quantitative estimate of drug-likeness (QED) is 0.407. The van der Waals surface area contributed by atoms with E-state index in [1.54, 1.807) is 13.2 Å². The molecule has 2 nitrogen and oxygen atoms in total. The third kappa shape index (κ3) is 10.2. The number of ether oxygens (including phenoxy) is 1. The Balaban J connectivity index is 0.00000301. The van der Waals surface area contributed by atoms with E-state index in [0.29, 0.717) is 5.75 Å². The van der Waals surface area contributed by atoms with Gasteiger partial charge in [-0.05, 0) is 61.3 Å². The van der Waals surface area contributed by atoms with Gasteiger partial charge < -0.3 is 9.84 Å². The van der Waals surface area contributed by atoms with Crippen molar-refractivity contribution in [1.82, 2.24) is 0 Å². The fourth-order valence-corrected chi connectivity index (χ4v) is 1.97. The number of methoxy groups -OCH3 is 1. The van der Waals surface area contributed by atoms with Gasteiger partial charge in [0.05, 0.1) is 7.11 Å². The fourth-order valence-electron chi connectivity index (χ4n) is 1.97. The normalized spacial score (nSPS) is 12.1. The van der Waals surface area contributed by atoms with Crippen molar-refractivity contribution in [3.63, 3.8) is 0 Å². The maximum atomic E-state index is 9.49. The zero-order valence-electron chi connectivity index (χ0n) is 16.7. The first-order valence-electron chi connectivity index (χ1n) is 8.93. The Kier molecular flexibility index (Phi) is 13.1. The van der Waals surface area contributed by atoms with Crippen molar-refractivity contribution < 1.29 is 9.84 Å². The number of aryl methyl sites for hydroxylation is 1. The van der Waals surface area contributed by atoms with E-state index < -0.39 is 0 Å². The molecule has 1 N–H and O–H groups in total. The standard InChI is InChI=1S/C22H26O2.C2H6/c1-5-11-21(24-4)16-18(2)12-9-7-6-8-10-13-20-14-15-22(23)19(3)17-20;1-2/h5-6,8-17,23H,2,7H2,1,3-4H3;1-2H3/b8-6+,11-5-,12-9+,13-10+,21-16+;. The first-order chi connectivity index (χ1) is 12.6. The molecule has 0 aromatic heterocycles. The van der Waals surface area contributed by atoms with Crippen LogP contribution in [0.4, 0.5) is 0 Å². The molecular formula is C24H32O2. The molecule has 0 aliphatic heterocycles. The maximum absolute atomic E-state index is 9.49. The summed E-state index contributed by atoms with van der Waals surface area (Å²) in [5.41, 5.74) is 2.84. The summed E-state index contributed by atoms with van der Waals surface area (Å²) in [6.07, 6.45) is 18.7. The van der Waals surface area contributed by atoms with Crippen molar-refractivity contribution in [2.24, 2.45) is 0 Å². The number of phenols is 1. The summed E-state index contributed by atoms with van der Waals surface area (Å²) in [6.45, 7) is 11.8. The second-order valence-corrected chi connectivity index (χ2v) is 5.30. The number of hydrogen-bond donors (Lipinski definition) is 1. The highest BCUT2D eigenvalue weighted by Gasteiger charge is 1.94. The van der Waals surface area contributed by atoms with Gasteiger partial charge in [-0.2, -0.15) is 0 Å². The molecule has 140 valence electrons. The molecule has 26 heavy (non-hydrogen) atoms. The van der Waals surface area contributed by atoms with Crippen LogP contribution in [-0.2, 0) is 4.74 Å². The van der Waals surface area contributed by atoms with Crippen LogP contribution in [-0.4, -0.2) is 12.2 Å². The minimum Gasteiger partial charge on any atom is -0.508 e. The molecule has 0 aliphatic carbocycles. The van der Waals surface area contributed by atoms with Crippen molar-refractivity contribution in [2.75, 3.05) is 7.11 Å². The molecule has 2 heteroatoms. The van der Waals surface area contributed by atoms with Crippen molar-refractivity contribution >= 4 is 6.08 Å². The molecule has 0 fully saturated rings. The van der Waals surface area contributed by atoms with Crippen LogP contribution in [0.25, 0.3) is 6.08 Å². The Hall–Kier alpha value is -2.74. The first kappa shape index (κ1) is 23.3. The molecule has 0 saturated carbocycles. The lowest BCUT2D eigenvalue weighted by molar-refractivity contribution is 0.306. The summed E-state index contributed by atoms with van der Waals surface area (Å²) in [4.78, 5) is 0. The summed E-state index contributed by atoms with van der Waals surface area (Å²) in [5, 5.41) is 9.49. The van der Waals surface area contributed by atoms with Gasteiger partial charge in [0, 0.05) is 0 Å². The van der Waals surface area contributed by atoms with Gasteiger partial charge in [0.25, 0.3) is 0 Å². The van der Waals surface area contributed by atoms with E-state index >= 15 is 0 Å². The number of rotatable bonds is 8. The summed E-state index contributed by atoms with van der Waals surface area (Å²) in [6, 6.07) is 5.55. The Morgan fingerprint density at radius 1 is 1.15 bits per heavy atom. The molecule has 0 saturated heterocycles. The zero-order valence-corrected chi connectivity index (χ0v) is 16.7. The Morgan fingerprint density at radius 3 is 2.50 bits per heavy atom. The summed E-state index contributed by atoms with van der Waals surface area (Å²) in [5.74, 6) is 1.11. The van der Waals surface area contributed by atoms with Gasteiger partial charge in [0.2, 0.25) is 0 Å². The maximum Gasteiger partial charge on any atom is 0.119 e. The van der Waals surface area contributed by atoms with Crippen molar-refractivity contribution in [2.45, 2.75) is 34.1 Å². The highest BCUT2D eigenvalue weighted by molar-refractivity contribution is 5.54. The van der Waals surface area contributed by atoms with Crippen LogP contribution in [0.5, 0.6) is 5.75 Å². The molecule has 0 heterocycles. The van der Waals surface area contributed by atoms with Gasteiger partial charge in [0.15, 0.2) is 0 Å². The summed E-state index contributed by atoms with van der Waals surface area (Å²) >= 11 is 0. The Labute approximate surface area is 159 Å². The van der Waals surface area contributed by atoms with Gasteiger partial charge in [-0.3, -0.25) is 0 Å². The summed E-state index contributed by atoms with van der Waals surface area (Å²) < 4.78 is 5.22. The zero-order chi connectivity index (χ0) is 19.8. The third-order valence-corrected chi connectivity index (χ3v) is 3.26. The topological polar surface area (TPSA) is 29.5 Å². The number of benzene rings is 1. The number of allylic oxidation sites excluding steroid dienone is 9. The monoisotopic (exact) mass is 352 g/mol. The van der Waals surface area contributed by atoms with Crippen LogP contribution in [0.15, 0.2) is 84.7 Å². The fraction of sp³-hybridized carbons (Fsp3) is 0.250. The van der Waals surface area contributed by atoms with Crippen LogP contribution in [0.2, 0.25) is 0 Å². The highest BCUT2D eigenvalue weighted by atomic mass is 16.5. The van der Waals surface area contributed by atoms with Gasteiger partial charge >= 0.3 is 0 Å². The molecule has 0 aliphatic rings. The van der Waals surface area contributed by atoms with E-state index in [-0.39, 0.29) is 0 Å². The predicted octanol–water partition coefficient (Wildman–Crippen LogP) is 6.91. The first-order valence-corrected chi connectivity index (χ1v) is 8.93. The highest BCUT2D eigenvalue weighted by Crippen LogP contribution is 2.17. The molecule has 1 aromatic rings. The van der Waals surface area contributed by atoms with Crippen LogP contribution < -0.4 is 0 Å². The van der Waals surface area contributed by atoms with E-state index in [0.717, 1.165) is 28.9 Å². The van der Waals surface area contributed by atoms with Crippen molar-refractivity contribution in [3.8, 4) is 5.75 Å². The van der Waals surface area contributed by atoms with Crippen LogP contribution in [0.1, 0.15) is 38.3 Å². The molecular weight excluding hydrogens is 320 g/mol. The molecule has 0 spiro atoms. The average Bonchev–Trinajstić information content (AvgIpc) is 2.65. The van der Waals surface area contributed by atoms with Gasteiger partial charge in [0.1, 0.15) is 11.5 Å². The lowest BCUT2D eigenvalue weighted by atomic mass is 10.1. The Bertz CT molecular complexity index is 686. The van der Waals surface area contributed by atoms with E-state index in [9.17, 15) is 5.11 Å². The van der Waals surface area contributed by atoms with Crippen LogP contribution in [0.3, 0.4) is 0 Å². The molecule has 1 aromatic carbocycles. The molecule has 0 atom stereocenters. The van der Waals surface area contributed by atoms with Crippen molar-refractivity contribution in [3.05, 3.63) is 95.8 Å². The second kappa shape index (κ2) is 14.6. The average molecular weight is 353 g/mol. The molecule has 0 unspecified atom stereocenters. The number of hydrogen-bond acceptors (Lipinski definition) is 2. The molecule has 0 amide bonds. The summed E-state index contributed by atoms with van der Waals surface area (Å²) in [7, 11) is 1.65. The van der Waals surface area contributed by atoms with Crippen molar-refractivity contribution in [1.29, 1.82) is 0 Å². The van der Waals surface area contributed by atoms with Crippen LogP contribution >= 0.6 is 0 Å². The predicted molar refractivity (Wildman–Crippen MR) is 115 cm³/mol. The molecule has 0 radical (unpaired) electrons. The van der Waals surface area contributed by atoms with E-state index in [4.69, 9.17) is 4.74 Å². The van der Waals surface area contributed by atoms with E-state index in [2.05, 4.69) is 18.7 Å². The van der Waals surface area contributed by atoms with Crippen LogP contribution in [0, 0.1) is 6.92 Å². The van der Waals surface area contributed by atoms with Gasteiger partial charge in [-0.25, -0.2) is 0 Å². The number of phenolic OH excluding ortho intramolecular Hbond substituents is 1. The van der Waals surface area contributed by atoms with Gasteiger partial charge in [-0.1, -0.05) is 69.0 Å². The third-order valence-electron chi connectivity index (χ3n) is 3.26. The minimum absolute atomic E-state index is 0.327. The second-order valence-electron chi connectivity index (χ2n) is 5.30. The lowest BCUT2D eigenvalue weighted by Gasteiger charge is -1.99. The Morgan fingerprint density at radius 2 is 1.88 bits per heavy atom. The molecule has 1 rings (SSSR count). The lowest BCUT2D eigenvalue weighted by Crippen LogP contribution is -1.82. The minimum atomic E-state index is 0.327. The largest absolute Gasteiger partial charge is 0.508 e. The van der Waals surface area contributed by atoms with E-state index in [1.807, 2.05) is 82.4 Å². The molecule has 0 bridgehead atoms. The smallest absolute Gasteiger partial charge is 0.119 e. The van der Waals surface area contributed by atoms with E-state index in [1.165, 1.54) is 0 Å². The SMILES string of the molecule is C=C(/C=C/C/C=C/C=C/c1ccc(O)c(C)c1)/C=C(\C=C/C)OC.CC.